The van der Waals surface area contributed by atoms with Crippen molar-refractivity contribution in [3.63, 3.8) is 0 Å². The van der Waals surface area contributed by atoms with Gasteiger partial charge in [0.2, 0.25) is 0 Å². The number of benzene rings is 1. The number of ether oxygens (including phenoxy) is 1. The van der Waals surface area contributed by atoms with E-state index in [-0.39, 0.29) is 11.1 Å². The van der Waals surface area contributed by atoms with Gasteiger partial charge in [-0.05, 0) is 24.6 Å². The number of rotatable bonds is 6. The van der Waals surface area contributed by atoms with Crippen molar-refractivity contribution in [3.8, 4) is 5.75 Å². The molecule has 0 aliphatic carbocycles. The largest absolute Gasteiger partial charge is 0.494 e. The highest BCUT2D eigenvalue weighted by Crippen LogP contribution is 2.14. The summed E-state index contributed by atoms with van der Waals surface area (Å²) in [5, 5.41) is 3.01. The normalized spacial score (nSPS) is 10.1. The van der Waals surface area contributed by atoms with Crippen LogP contribution in [-0.4, -0.2) is 24.0 Å². The topological polar surface area (TPSA) is 77.2 Å². The zero-order valence-corrected chi connectivity index (χ0v) is 12.1. The number of hydrogen-bond donors (Lipinski definition) is 2. The molecule has 0 saturated carbocycles. The van der Waals surface area contributed by atoms with E-state index in [1.807, 2.05) is 30.3 Å². The maximum atomic E-state index is 11.9. The van der Waals surface area contributed by atoms with Crippen molar-refractivity contribution >= 4 is 23.2 Å². The van der Waals surface area contributed by atoms with Gasteiger partial charge in [0.15, 0.2) is 0 Å². The molecule has 0 aliphatic rings. The number of nitrogens with one attached hydrogen (secondary N) is 1. The lowest BCUT2D eigenvalue weighted by Crippen LogP contribution is -2.26. The van der Waals surface area contributed by atoms with Crippen LogP contribution in [0.1, 0.15) is 16.8 Å². The first-order valence-electron chi connectivity index (χ1n) is 6.54. The number of para-hydroxylation sites is 1. The highest BCUT2D eigenvalue weighted by Gasteiger charge is 2.10. The van der Waals surface area contributed by atoms with Crippen molar-refractivity contribution in [3.05, 3.63) is 53.3 Å². The van der Waals surface area contributed by atoms with Gasteiger partial charge in [-0.3, -0.25) is 4.79 Å². The zero-order chi connectivity index (χ0) is 15.1. The fourth-order valence-corrected chi connectivity index (χ4v) is 1.87. The van der Waals surface area contributed by atoms with Crippen LogP contribution in [0.4, 0.5) is 5.69 Å². The molecule has 21 heavy (non-hydrogen) atoms. The molecule has 0 atom stereocenters. The number of hydrogen-bond acceptors (Lipinski definition) is 4. The Kier molecular flexibility index (Phi) is 5.40. The Morgan fingerprint density at radius 1 is 1.33 bits per heavy atom. The van der Waals surface area contributed by atoms with Crippen molar-refractivity contribution in [2.75, 3.05) is 18.9 Å². The quantitative estimate of drug-likeness (QED) is 0.635. The van der Waals surface area contributed by atoms with Gasteiger partial charge in [0.25, 0.3) is 5.91 Å². The van der Waals surface area contributed by atoms with E-state index in [0.29, 0.717) is 30.8 Å². The molecule has 2 aromatic rings. The average molecular weight is 306 g/mol. The van der Waals surface area contributed by atoms with Gasteiger partial charge in [-0.25, -0.2) is 4.98 Å². The molecule has 0 bridgehead atoms. The number of aromatic nitrogens is 1. The van der Waals surface area contributed by atoms with Crippen LogP contribution in [0.2, 0.25) is 5.15 Å². The third kappa shape index (κ3) is 4.65. The average Bonchev–Trinajstić information content (AvgIpc) is 2.50. The van der Waals surface area contributed by atoms with E-state index in [4.69, 9.17) is 22.1 Å². The summed E-state index contributed by atoms with van der Waals surface area (Å²) in [6, 6.07) is 11.0. The Morgan fingerprint density at radius 2 is 2.10 bits per heavy atom. The molecule has 0 fully saturated rings. The monoisotopic (exact) mass is 305 g/mol. The van der Waals surface area contributed by atoms with Crippen LogP contribution in [0.5, 0.6) is 5.75 Å². The molecule has 0 unspecified atom stereocenters. The Labute approximate surface area is 128 Å². The third-order valence-corrected chi connectivity index (χ3v) is 2.97. The van der Waals surface area contributed by atoms with E-state index in [1.54, 1.807) is 0 Å². The van der Waals surface area contributed by atoms with Gasteiger partial charge in [-0.2, -0.15) is 0 Å². The molecular formula is C15H16ClN3O2. The Bertz CT molecular complexity index is 605. The van der Waals surface area contributed by atoms with Crippen LogP contribution in [0.25, 0.3) is 0 Å². The van der Waals surface area contributed by atoms with Crippen LogP contribution in [-0.2, 0) is 0 Å². The van der Waals surface area contributed by atoms with Gasteiger partial charge in [0, 0.05) is 6.54 Å². The minimum atomic E-state index is -0.267. The van der Waals surface area contributed by atoms with Gasteiger partial charge < -0.3 is 15.8 Å². The van der Waals surface area contributed by atoms with Crippen molar-refractivity contribution in [1.29, 1.82) is 0 Å². The maximum absolute atomic E-state index is 11.9. The summed E-state index contributed by atoms with van der Waals surface area (Å²) in [6.07, 6.45) is 2.06. The summed E-state index contributed by atoms with van der Waals surface area (Å²) in [7, 11) is 0. The second kappa shape index (κ2) is 7.50. The van der Waals surface area contributed by atoms with Crippen LogP contribution in [0.3, 0.4) is 0 Å². The van der Waals surface area contributed by atoms with E-state index < -0.39 is 0 Å². The smallest absolute Gasteiger partial charge is 0.253 e. The number of carbonyl (C=O) groups is 1. The molecule has 1 aromatic carbocycles. The number of halogens is 1. The molecule has 3 N–H and O–H groups in total. The van der Waals surface area contributed by atoms with Gasteiger partial charge in [0.05, 0.1) is 24.1 Å². The third-order valence-electron chi connectivity index (χ3n) is 2.76. The second-order valence-corrected chi connectivity index (χ2v) is 4.75. The van der Waals surface area contributed by atoms with Gasteiger partial charge in [-0.1, -0.05) is 29.8 Å². The van der Waals surface area contributed by atoms with Crippen molar-refractivity contribution in [2.24, 2.45) is 0 Å². The minimum Gasteiger partial charge on any atom is -0.494 e. The number of pyridine rings is 1. The lowest BCUT2D eigenvalue weighted by atomic mass is 10.2. The summed E-state index contributed by atoms with van der Waals surface area (Å²) in [5.41, 5.74) is 6.33. The lowest BCUT2D eigenvalue weighted by Gasteiger charge is -2.08. The zero-order valence-electron chi connectivity index (χ0n) is 11.4. The van der Waals surface area contributed by atoms with Gasteiger partial charge in [0.1, 0.15) is 10.9 Å². The molecule has 6 heteroatoms. The SMILES string of the molecule is Nc1cnc(Cl)cc1C(=O)NCCCOc1ccccc1. The first-order valence-corrected chi connectivity index (χ1v) is 6.91. The molecule has 1 amide bonds. The maximum Gasteiger partial charge on any atom is 0.253 e. The molecule has 0 saturated heterocycles. The molecule has 1 heterocycles. The first-order chi connectivity index (χ1) is 10.2. The lowest BCUT2D eigenvalue weighted by molar-refractivity contribution is 0.0952. The molecule has 5 nitrogen and oxygen atoms in total. The van der Waals surface area contributed by atoms with E-state index >= 15 is 0 Å². The molecule has 0 spiro atoms. The molecule has 1 aromatic heterocycles. The van der Waals surface area contributed by atoms with Gasteiger partial charge in [-0.15, -0.1) is 0 Å². The standard InChI is InChI=1S/C15H16ClN3O2/c16-14-9-12(13(17)10-19-14)15(20)18-7-4-8-21-11-5-2-1-3-6-11/h1-3,5-6,9-10H,4,7-8,17H2,(H,18,20). The summed E-state index contributed by atoms with van der Waals surface area (Å²) in [4.78, 5) is 15.7. The van der Waals surface area contributed by atoms with Crippen LogP contribution >= 0.6 is 11.6 Å². The minimum absolute atomic E-state index is 0.238. The fourth-order valence-electron chi connectivity index (χ4n) is 1.71. The predicted molar refractivity (Wildman–Crippen MR) is 82.5 cm³/mol. The van der Waals surface area contributed by atoms with Crippen LogP contribution in [0.15, 0.2) is 42.6 Å². The summed E-state index contributed by atoms with van der Waals surface area (Å²) in [6.45, 7) is 1.02. The highest BCUT2D eigenvalue weighted by molar-refractivity contribution is 6.29. The molecule has 0 radical (unpaired) electrons. The Morgan fingerprint density at radius 3 is 2.86 bits per heavy atom. The highest BCUT2D eigenvalue weighted by atomic mass is 35.5. The van der Waals surface area contributed by atoms with Crippen LogP contribution < -0.4 is 15.8 Å². The van der Waals surface area contributed by atoms with E-state index in [9.17, 15) is 4.79 Å². The van der Waals surface area contributed by atoms with Crippen molar-refractivity contribution in [2.45, 2.75) is 6.42 Å². The summed E-state index contributed by atoms with van der Waals surface area (Å²) in [5.74, 6) is 0.547. The number of nitrogen functional groups attached to an aromatic ring is 1. The molecule has 0 aliphatic heterocycles. The summed E-state index contributed by atoms with van der Waals surface area (Å²) >= 11 is 5.75. The fraction of sp³-hybridized carbons (Fsp3) is 0.200. The number of nitrogens with two attached hydrogens (primary N) is 1. The Balaban J connectivity index is 1.73. The number of amides is 1. The Hall–Kier alpha value is -2.27. The molecule has 110 valence electrons. The number of carbonyl (C=O) groups excluding carboxylic acids is 1. The predicted octanol–water partition coefficient (Wildman–Crippen LogP) is 2.52. The number of anilines is 1. The second-order valence-electron chi connectivity index (χ2n) is 4.37. The summed E-state index contributed by atoms with van der Waals surface area (Å²) < 4.78 is 5.53. The molecular weight excluding hydrogens is 290 g/mol. The van der Waals surface area contributed by atoms with Crippen LogP contribution in [0, 0.1) is 0 Å². The number of nitrogens with zero attached hydrogens (tertiary/aromatic N) is 1. The van der Waals surface area contributed by atoms with Crippen molar-refractivity contribution in [1.82, 2.24) is 10.3 Å². The van der Waals surface area contributed by atoms with Gasteiger partial charge >= 0.3 is 0 Å². The van der Waals surface area contributed by atoms with E-state index in [1.165, 1.54) is 12.3 Å². The van der Waals surface area contributed by atoms with E-state index in [2.05, 4.69) is 10.3 Å². The van der Waals surface area contributed by atoms with E-state index in [0.717, 1.165) is 5.75 Å². The van der Waals surface area contributed by atoms with Crippen molar-refractivity contribution < 1.29 is 9.53 Å². The first kappa shape index (κ1) is 15.1. The molecule has 2 rings (SSSR count).